The third-order valence-corrected chi connectivity index (χ3v) is 5.83. The molecule has 1 N–H and O–H groups in total. The predicted octanol–water partition coefficient (Wildman–Crippen LogP) is 5.11. The van der Waals surface area contributed by atoms with Gasteiger partial charge in [-0.15, -0.1) is 0 Å². The standard InChI is InChI=1S/C24H40N2O3/c1-5-7-15-24(4,29-6-2)23(27)25-21-9-11-22(12-10-21)28-19-8-16-26-17-13-20(3)14-18-26/h9-12,20H,5-8,13-19H2,1-4H3,(H,25,27). The molecule has 1 aromatic carbocycles. The van der Waals surface area contributed by atoms with E-state index in [1.54, 1.807) is 0 Å². The highest BCUT2D eigenvalue weighted by Crippen LogP contribution is 2.23. The number of nitrogens with zero attached hydrogens (tertiary/aromatic N) is 1. The van der Waals surface area contributed by atoms with Crippen molar-refractivity contribution in [2.45, 2.75) is 71.8 Å². The molecule has 0 radical (unpaired) electrons. The number of unbranched alkanes of at least 4 members (excludes halogenated alkanes) is 1. The average Bonchev–Trinajstić information content (AvgIpc) is 2.72. The van der Waals surface area contributed by atoms with Crippen LogP contribution in [0.15, 0.2) is 24.3 Å². The number of hydrogen-bond acceptors (Lipinski definition) is 4. The summed E-state index contributed by atoms with van der Waals surface area (Å²) in [6.45, 7) is 13.0. The minimum absolute atomic E-state index is 0.0858. The maximum Gasteiger partial charge on any atom is 0.256 e. The second-order valence-electron chi connectivity index (χ2n) is 8.47. The number of carbonyl (C=O) groups excluding carboxylic acids is 1. The van der Waals surface area contributed by atoms with Gasteiger partial charge < -0.3 is 19.7 Å². The van der Waals surface area contributed by atoms with E-state index in [2.05, 4.69) is 24.1 Å². The normalized spacial score (nSPS) is 17.7. The first-order chi connectivity index (χ1) is 14.0. The fraction of sp³-hybridized carbons (Fsp3) is 0.708. The number of nitrogens with one attached hydrogen (secondary N) is 1. The van der Waals surface area contributed by atoms with Crippen LogP contribution in [0.25, 0.3) is 0 Å². The second-order valence-corrected chi connectivity index (χ2v) is 8.47. The molecular weight excluding hydrogens is 364 g/mol. The average molecular weight is 405 g/mol. The molecule has 5 nitrogen and oxygen atoms in total. The van der Waals surface area contributed by atoms with Crippen LogP contribution in [0.5, 0.6) is 5.75 Å². The molecule has 5 heteroatoms. The van der Waals surface area contributed by atoms with Gasteiger partial charge >= 0.3 is 0 Å². The molecule has 0 saturated carbocycles. The Morgan fingerprint density at radius 1 is 1.17 bits per heavy atom. The molecule has 0 bridgehead atoms. The number of ether oxygens (including phenoxy) is 2. The lowest BCUT2D eigenvalue weighted by Gasteiger charge is -2.30. The fourth-order valence-corrected chi connectivity index (χ4v) is 3.75. The first-order valence-electron chi connectivity index (χ1n) is 11.4. The van der Waals surface area contributed by atoms with E-state index in [4.69, 9.17) is 9.47 Å². The van der Waals surface area contributed by atoms with Crippen molar-refractivity contribution in [2.75, 3.05) is 38.2 Å². The van der Waals surface area contributed by atoms with Crippen molar-refractivity contribution >= 4 is 11.6 Å². The molecule has 0 aromatic heterocycles. The minimum Gasteiger partial charge on any atom is -0.494 e. The molecule has 0 aliphatic carbocycles. The van der Waals surface area contributed by atoms with Gasteiger partial charge in [-0.3, -0.25) is 4.79 Å². The van der Waals surface area contributed by atoms with Crippen LogP contribution >= 0.6 is 0 Å². The molecule has 164 valence electrons. The summed E-state index contributed by atoms with van der Waals surface area (Å²) in [4.78, 5) is 15.3. The first kappa shape index (κ1) is 23.7. The molecule has 1 aliphatic rings. The van der Waals surface area contributed by atoms with E-state index in [-0.39, 0.29) is 5.91 Å². The molecule has 1 aromatic rings. The van der Waals surface area contributed by atoms with Gasteiger partial charge in [0.15, 0.2) is 0 Å². The largest absolute Gasteiger partial charge is 0.494 e. The Morgan fingerprint density at radius 3 is 2.48 bits per heavy atom. The highest BCUT2D eigenvalue weighted by molar-refractivity contribution is 5.97. The van der Waals surface area contributed by atoms with Gasteiger partial charge in [0, 0.05) is 18.8 Å². The van der Waals surface area contributed by atoms with E-state index < -0.39 is 5.60 Å². The molecule has 1 fully saturated rings. The van der Waals surface area contributed by atoms with E-state index in [0.29, 0.717) is 6.61 Å². The Morgan fingerprint density at radius 2 is 1.86 bits per heavy atom. The number of anilines is 1. The van der Waals surface area contributed by atoms with Gasteiger partial charge in [-0.1, -0.05) is 26.7 Å². The second kappa shape index (κ2) is 12.2. The number of hydrogen-bond donors (Lipinski definition) is 1. The summed E-state index contributed by atoms with van der Waals surface area (Å²) in [6.07, 6.45) is 6.40. The van der Waals surface area contributed by atoms with Crippen LogP contribution in [0.2, 0.25) is 0 Å². The predicted molar refractivity (Wildman–Crippen MR) is 120 cm³/mol. The monoisotopic (exact) mass is 404 g/mol. The third kappa shape index (κ3) is 7.98. The molecule has 1 saturated heterocycles. The molecule has 1 amide bonds. The molecular formula is C24H40N2O3. The van der Waals surface area contributed by atoms with Gasteiger partial charge in [0.2, 0.25) is 0 Å². The molecule has 1 heterocycles. The number of rotatable bonds is 12. The molecule has 2 rings (SSSR count). The van der Waals surface area contributed by atoms with E-state index in [1.165, 1.54) is 25.9 Å². The van der Waals surface area contributed by atoms with Gasteiger partial charge in [0.05, 0.1) is 6.61 Å². The lowest BCUT2D eigenvalue weighted by molar-refractivity contribution is -0.139. The summed E-state index contributed by atoms with van der Waals surface area (Å²) in [7, 11) is 0. The highest BCUT2D eigenvalue weighted by Gasteiger charge is 2.33. The van der Waals surface area contributed by atoms with E-state index in [1.807, 2.05) is 38.1 Å². The van der Waals surface area contributed by atoms with E-state index in [9.17, 15) is 4.79 Å². The Labute approximate surface area is 177 Å². The van der Waals surface area contributed by atoms with Gasteiger partial charge in [-0.05, 0) is 82.8 Å². The summed E-state index contributed by atoms with van der Waals surface area (Å²) in [6, 6.07) is 7.63. The Balaban J connectivity index is 1.75. The zero-order valence-electron chi connectivity index (χ0n) is 18.8. The van der Waals surface area contributed by atoms with Gasteiger partial charge in [0.25, 0.3) is 5.91 Å². The summed E-state index contributed by atoms with van der Waals surface area (Å²) >= 11 is 0. The lowest BCUT2D eigenvalue weighted by Crippen LogP contribution is -2.42. The quantitative estimate of drug-likeness (QED) is 0.492. The maximum atomic E-state index is 12.7. The van der Waals surface area contributed by atoms with Crippen molar-refractivity contribution in [2.24, 2.45) is 5.92 Å². The summed E-state index contributed by atoms with van der Waals surface area (Å²) in [5, 5.41) is 2.99. The first-order valence-corrected chi connectivity index (χ1v) is 11.4. The molecule has 1 unspecified atom stereocenters. The highest BCUT2D eigenvalue weighted by atomic mass is 16.5. The Bertz CT molecular complexity index is 597. The van der Waals surface area contributed by atoms with Crippen LogP contribution < -0.4 is 10.1 Å². The van der Waals surface area contributed by atoms with Gasteiger partial charge in [-0.2, -0.15) is 0 Å². The SMILES string of the molecule is CCCCC(C)(OCC)C(=O)Nc1ccc(OCCCN2CCC(C)CC2)cc1. The number of carbonyl (C=O) groups is 1. The summed E-state index contributed by atoms with van der Waals surface area (Å²) in [5.74, 6) is 1.63. The lowest BCUT2D eigenvalue weighted by atomic mass is 9.97. The van der Waals surface area contributed by atoms with Crippen LogP contribution in [-0.2, 0) is 9.53 Å². The maximum absolute atomic E-state index is 12.7. The van der Waals surface area contributed by atoms with Gasteiger partial charge in [0.1, 0.15) is 11.4 Å². The van der Waals surface area contributed by atoms with E-state index >= 15 is 0 Å². The molecule has 1 atom stereocenters. The molecule has 0 spiro atoms. The van der Waals surface area contributed by atoms with E-state index in [0.717, 1.165) is 56.2 Å². The zero-order chi connectivity index (χ0) is 21.1. The Kier molecular flexibility index (Phi) is 9.95. The Hall–Kier alpha value is -1.59. The number of benzene rings is 1. The van der Waals surface area contributed by atoms with Crippen molar-refractivity contribution in [3.63, 3.8) is 0 Å². The van der Waals surface area contributed by atoms with Crippen LogP contribution in [-0.4, -0.2) is 49.3 Å². The van der Waals surface area contributed by atoms with Crippen LogP contribution in [0.4, 0.5) is 5.69 Å². The summed E-state index contributed by atoms with van der Waals surface area (Å²) < 4.78 is 11.6. The minimum atomic E-state index is -0.786. The van der Waals surface area contributed by atoms with Crippen LogP contribution in [0.1, 0.15) is 66.2 Å². The fourth-order valence-electron chi connectivity index (χ4n) is 3.75. The van der Waals surface area contributed by atoms with Crippen molar-refractivity contribution in [3.05, 3.63) is 24.3 Å². The summed E-state index contributed by atoms with van der Waals surface area (Å²) in [5.41, 5.74) is -0.0150. The molecule has 29 heavy (non-hydrogen) atoms. The molecule has 1 aliphatic heterocycles. The zero-order valence-corrected chi connectivity index (χ0v) is 18.8. The van der Waals surface area contributed by atoms with Crippen LogP contribution in [0, 0.1) is 5.92 Å². The van der Waals surface area contributed by atoms with Crippen molar-refractivity contribution in [1.29, 1.82) is 0 Å². The van der Waals surface area contributed by atoms with Crippen molar-refractivity contribution < 1.29 is 14.3 Å². The third-order valence-electron chi connectivity index (χ3n) is 5.83. The van der Waals surface area contributed by atoms with Crippen molar-refractivity contribution in [3.8, 4) is 5.75 Å². The van der Waals surface area contributed by atoms with Crippen molar-refractivity contribution in [1.82, 2.24) is 4.90 Å². The number of amides is 1. The smallest absolute Gasteiger partial charge is 0.256 e. The topological polar surface area (TPSA) is 50.8 Å². The van der Waals surface area contributed by atoms with Gasteiger partial charge in [-0.25, -0.2) is 0 Å². The number of likely N-dealkylation sites (tertiary alicyclic amines) is 1. The number of piperidine rings is 1. The van der Waals surface area contributed by atoms with Crippen LogP contribution in [0.3, 0.4) is 0 Å².